The first-order valence-corrected chi connectivity index (χ1v) is 20.6. The summed E-state index contributed by atoms with van der Waals surface area (Å²) in [6.45, 7) is -0.396. The summed E-state index contributed by atoms with van der Waals surface area (Å²) in [5.41, 5.74) is -2.77. The number of nitrogens with zero attached hydrogens (tertiary/aromatic N) is 5. The summed E-state index contributed by atoms with van der Waals surface area (Å²) in [7, 11) is -1.53. The van der Waals surface area contributed by atoms with E-state index >= 15 is 0 Å². The van der Waals surface area contributed by atoms with Gasteiger partial charge in [0, 0.05) is 28.7 Å². The average Bonchev–Trinajstić information content (AvgIpc) is 3.28. The van der Waals surface area contributed by atoms with Crippen LogP contribution in [0.4, 0.5) is 29.6 Å². The van der Waals surface area contributed by atoms with E-state index in [2.05, 4.69) is 24.7 Å². The molecule has 6 rings (SSSR count). The van der Waals surface area contributed by atoms with Crippen molar-refractivity contribution in [2.75, 3.05) is 33.3 Å². The molecule has 0 unspecified atom stereocenters. The van der Waals surface area contributed by atoms with Crippen LogP contribution < -0.4 is 29.0 Å². The number of amides is 2. The lowest BCUT2D eigenvalue weighted by Gasteiger charge is -2.12. The predicted molar refractivity (Wildman–Crippen MR) is 232 cm³/mol. The molecule has 6 aromatic rings. The lowest BCUT2D eigenvalue weighted by atomic mass is 10.1. The summed E-state index contributed by atoms with van der Waals surface area (Å²) in [6.07, 6.45) is -3.46. The zero-order valence-corrected chi connectivity index (χ0v) is 37.5. The van der Waals surface area contributed by atoms with Gasteiger partial charge in [0.25, 0.3) is 15.7 Å². The molecule has 29 heteroatoms. The average molecular weight is 1030 g/mol. The van der Waals surface area contributed by atoms with E-state index in [1.54, 1.807) is 42.6 Å². The van der Waals surface area contributed by atoms with Crippen LogP contribution in [-0.4, -0.2) is 95.4 Å². The van der Waals surface area contributed by atoms with Crippen molar-refractivity contribution in [1.29, 1.82) is 0 Å². The first kappa shape index (κ1) is 52.8. The minimum absolute atomic E-state index is 0.0623. The number of carboxylic acids is 2. The topological polar surface area (TPSA) is 308 Å². The fourth-order valence-electron chi connectivity index (χ4n) is 5.00. The molecular weight excluding hydrogens is 1000 g/mol. The zero-order valence-electron chi connectivity index (χ0n) is 34.4. The van der Waals surface area contributed by atoms with E-state index in [-0.39, 0.29) is 33.8 Å². The summed E-state index contributed by atoms with van der Waals surface area (Å²) in [4.78, 5) is 69.8. The van der Waals surface area contributed by atoms with Crippen molar-refractivity contribution in [2.45, 2.75) is 11.2 Å². The molecular formula is C39H29Cl3F3N7O15S. The number of nitro benzene ring substituents is 1. The summed E-state index contributed by atoms with van der Waals surface area (Å²) in [6, 6.07) is 15.6. The number of benzene rings is 3. The number of ether oxygens (including phenoxy) is 5. The van der Waals surface area contributed by atoms with Gasteiger partial charge in [0.1, 0.15) is 34.0 Å². The number of hydrogen-bond donors (Lipinski definition) is 4. The molecule has 0 aliphatic rings. The number of halogens is 6. The van der Waals surface area contributed by atoms with Gasteiger partial charge >= 0.3 is 30.1 Å². The fraction of sp³-hybridized carbons (Fsp3) is 0.128. The molecule has 22 nitrogen and oxygen atoms in total. The van der Waals surface area contributed by atoms with Crippen LogP contribution in [0.3, 0.4) is 0 Å². The number of nitro groups is 1. The molecule has 0 saturated carbocycles. The zero-order chi connectivity index (χ0) is 50.5. The molecule has 0 radical (unpaired) electrons. The number of aliphatic carboxylic acids is 1. The van der Waals surface area contributed by atoms with E-state index in [4.69, 9.17) is 64.0 Å². The number of alkyl halides is 3. The van der Waals surface area contributed by atoms with Gasteiger partial charge in [0.2, 0.25) is 17.7 Å². The maximum absolute atomic E-state index is 12.8. The molecule has 0 spiro atoms. The number of esters is 1. The molecule has 0 aliphatic carbocycles. The van der Waals surface area contributed by atoms with Gasteiger partial charge in [-0.05, 0) is 60.7 Å². The van der Waals surface area contributed by atoms with Crippen LogP contribution >= 0.6 is 34.8 Å². The monoisotopic (exact) mass is 1030 g/mol. The summed E-state index contributed by atoms with van der Waals surface area (Å²) in [5, 5.41) is 30.9. The number of anilines is 1. The minimum atomic E-state index is -5.14. The number of methoxy groups -OCH3 is 3. The van der Waals surface area contributed by atoms with Gasteiger partial charge in [0.15, 0.2) is 11.6 Å². The molecule has 0 fully saturated rings. The number of hydrogen-bond acceptors (Lipinski definition) is 17. The van der Waals surface area contributed by atoms with E-state index in [1.165, 1.54) is 43.2 Å². The number of aromatic nitrogens is 4. The second kappa shape index (κ2) is 23.1. The Labute approximate surface area is 394 Å². The van der Waals surface area contributed by atoms with E-state index in [1.807, 2.05) is 5.32 Å². The largest absolute Gasteiger partial charge is 0.481 e. The molecule has 0 bridgehead atoms. The number of urea groups is 1. The highest BCUT2D eigenvalue weighted by molar-refractivity contribution is 7.90. The van der Waals surface area contributed by atoms with Crippen molar-refractivity contribution in [2.24, 2.45) is 0 Å². The van der Waals surface area contributed by atoms with Crippen LogP contribution in [0.25, 0.3) is 10.9 Å². The minimum Gasteiger partial charge on any atom is -0.481 e. The van der Waals surface area contributed by atoms with Crippen molar-refractivity contribution >= 4 is 91.3 Å². The number of aromatic carboxylic acids is 1. The van der Waals surface area contributed by atoms with Gasteiger partial charge in [-0.1, -0.05) is 34.8 Å². The maximum Gasteiger partial charge on any atom is 0.433 e. The lowest BCUT2D eigenvalue weighted by molar-refractivity contribution is -0.385. The molecule has 0 saturated heterocycles. The second-order valence-corrected chi connectivity index (χ2v) is 15.3. The molecule has 3 aromatic heterocycles. The lowest BCUT2D eigenvalue weighted by Crippen LogP contribution is -2.36. The quantitative estimate of drug-likeness (QED) is 0.0484. The number of carbonyl (C=O) groups is 4. The third-order valence-corrected chi connectivity index (χ3v) is 10.0. The first-order chi connectivity index (χ1) is 32.0. The summed E-state index contributed by atoms with van der Waals surface area (Å²) >= 11 is 17.7. The Hall–Kier alpha value is -7.81. The van der Waals surface area contributed by atoms with Crippen LogP contribution in [0.1, 0.15) is 26.4 Å². The maximum atomic E-state index is 12.8. The van der Waals surface area contributed by atoms with Gasteiger partial charge < -0.3 is 33.9 Å². The standard InChI is InChI=1S/C14H9Cl2NO5.C14H12F3N5O7S.C11H8ClNO3/c1-21-14(18)10-7-9(3-4-12(10)17(19)20)22-13-5-2-8(15)6-11(13)16;1-28-8-5-9(29-2)20-12(19-8)21-13(25)22-30(26,27)10-6(11(23)24)3-4-7(18-10)14(15,16)17;12-8-3-4-9(16-6-10(14)15)11-7(8)2-1-5-13-11/h2-7H,1H3;3-5H,1-2H3,(H,23,24)(H2,19,20,21,22,25);1-5H,6H2,(H,14,15). The van der Waals surface area contributed by atoms with Crippen LogP contribution in [0.2, 0.25) is 15.1 Å². The molecule has 0 atom stereocenters. The van der Waals surface area contributed by atoms with Gasteiger partial charge in [-0.3, -0.25) is 20.4 Å². The number of carbonyl (C=O) groups excluding carboxylic acids is 2. The highest BCUT2D eigenvalue weighted by atomic mass is 35.5. The fourth-order valence-corrected chi connectivity index (χ4v) is 6.71. The Morgan fingerprint density at radius 2 is 1.49 bits per heavy atom. The van der Waals surface area contributed by atoms with Gasteiger partial charge in [-0.2, -0.15) is 31.6 Å². The normalized spacial score (nSPS) is 10.8. The SMILES string of the molecule is COC(=O)c1cc(Oc2ccc(Cl)cc2Cl)ccc1[N+](=O)[O-].COc1cc(OC)nc(NC(=O)NS(=O)(=O)c2nc(C(F)(F)F)ccc2C(=O)O)n1.O=C(O)COc1ccc(Cl)c2cccnc12. The smallest absolute Gasteiger partial charge is 0.433 e. The van der Waals surface area contributed by atoms with Crippen molar-refractivity contribution < 1.29 is 79.6 Å². The van der Waals surface area contributed by atoms with Gasteiger partial charge in [0.05, 0.1) is 47.9 Å². The third-order valence-electron chi connectivity index (χ3n) is 7.91. The van der Waals surface area contributed by atoms with Crippen LogP contribution in [-0.2, 0) is 25.7 Å². The molecule has 3 aromatic carbocycles. The molecule has 358 valence electrons. The second-order valence-electron chi connectivity index (χ2n) is 12.4. The van der Waals surface area contributed by atoms with Crippen molar-refractivity contribution in [3.05, 3.63) is 127 Å². The Balaban J connectivity index is 0.000000233. The van der Waals surface area contributed by atoms with Crippen LogP contribution in [0.5, 0.6) is 29.0 Å². The Kier molecular flexibility index (Phi) is 17.9. The van der Waals surface area contributed by atoms with E-state index in [0.717, 1.165) is 18.6 Å². The van der Waals surface area contributed by atoms with E-state index < -0.39 is 73.9 Å². The molecule has 0 aliphatic heterocycles. The molecule has 3 heterocycles. The molecule has 4 N–H and O–H groups in total. The van der Waals surface area contributed by atoms with Crippen molar-refractivity contribution in [3.8, 4) is 29.0 Å². The number of carboxylic acid groups (broad SMARTS) is 2. The Morgan fingerprint density at radius 1 is 0.824 bits per heavy atom. The van der Waals surface area contributed by atoms with Crippen molar-refractivity contribution in [1.82, 2.24) is 24.7 Å². The van der Waals surface area contributed by atoms with Gasteiger partial charge in [-0.25, -0.2) is 28.9 Å². The number of fused-ring (bicyclic) bond motifs is 1. The van der Waals surface area contributed by atoms with E-state index in [0.29, 0.717) is 39.2 Å². The third kappa shape index (κ3) is 14.3. The highest BCUT2D eigenvalue weighted by Crippen LogP contribution is 2.34. The molecule has 2 amide bonds. The number of rotatable bonds is 13. The van der Waals surface area contributed by atoms with Gasteiger partial charge in [-0.15, -0.1) is 0 Å². The first-order valence-electron chi connectivity index (χ1n) is 18.0. The Morgan fingerprint density at radius 3 is 2.06 bits per heavy atom. The number of pyridine rings is 2. The Bertz CT molecular complexity index is 2990. The number of sulfonamides is 1. The van der Waals surface area contributed by atoms with Crippen LogP contribution in [0, 0.1) is 10.1 Å². The number of nitrogens with one attached hydrogen (secondary N) is 2. The molecule has 68 heavy (non-hydrogen) atoms. The van der Waals surface area contributed by atoms with Crippen LogP contribution in [0.15, 0.2) is 90.1 Å². The predicted octanol–water partition coefficient (Wildman–Crippen LogP) is 7.95. The van der Waals surface area contributed by atoms with E-state index in [9.17, 15) is 50.9 Å². The van der Waals surface area contributed by atoms with Crippen molar-refractivity contribution in [3.63, 3.8) is 0 Å². The highest BCUT2D eigenvalue weighted by Gasteiger charge is 2.36. The summed E-state index contributed by atoms with van der Waals surface area (Å²) < 4.78 is 89.3. The summed E-state index contributed by atoms with van der Waals surface area (Å²) in [5.74, 6) is -3.42.